The molecule has 0 spiro atoms. The highest BCUT2D eigenvalue weighted by molar-refractivity contribution is 6.14. The molecule has 0 radical (unpaired) electrons. The summed E-state index contributed by atoms with van der Waals surface area (Å²) in [6.07, 6.45) is 2.32. The molecule has 0 bridgehead atoms. The molecule has 1 aliphatic heterocycles. The van der Waals surface area contributed by atoms with E-state index in [2.05, 4.69) is 4.99 Å². The maximum absolute atomic E-state index is 10.8. The van der Waals surface area contributed by atoms with Gasteiger partial charge in [0.2, 0.25) is 6.41 Å². The number of benzene rings is 2. The van der Waals surface area contributed by atoms with Crippen LogP contribution in [0, 0.1) is 0 Å². The Morgan fingerprint density at radius 1 is 1.13 bits per heavy atom. The number of carbonyl (C=O) groups is 1. The first kappa shape index (κ1) is 8.17. The van der Waals surface area contributed by atoms with Gasteiger partial charge in [-0.3, -0.25) is 9.69 Å². The molecule has 0 saturated carbocycles. The maximum atomic E-state index is 10.8. The number of nitrogens with zero attached hydrogens (tertiary/aromatic N) is 2. The van der Waals surface area contributed by atoms with Crippen molar-refractivity contribution < 1.29 is 4.79 Å². The van der Waals surface area contributed by atoms with Crippen LogP contribution in [0.15, 0.2) is 41.4 Å². The lowest BCUT2D eigenvalue weighted by Crippen LogP contribution is -2.20. The Kier molecular flexibility index (Phi) is 1.59. The summed E-state index contributed by atoms with van der Waals surface area (Å²) in [5.74, 6) is 0. The fraction of sp³-hybridized carbons (Fsp3) is 0. The van der Waals surface area contributed by atoms with Crippen LogP contribution in [-0.4, -0.2) is 12.7 Å². The minimum Gasteiger partial charge on any atom is -0.278 e. The summed E-state index contributed by atoms with van der Waals surface area (Å²) in [6, 6.07) is 11.8. The van der Waals surface area contributed by atoms with Crippen molar-refractivity contribution in [3.05, 3.63) is 36.4 Å². The largest absolute Gasteiger partial charge is 0.278 e. The van der Waals surface area contributed by atoms with E-state index in [1.165, 1.54) is 4.90 Å². The topological polar surface area (TPSA) is 32.7 Å². The highest BCUT2D eigenvalue weighted by Crippen LogP contribution is 2.36. The van der Waals surface area contributed by atoms with Crippen molar-refractivity contribution in [2.75, 3.05) is 4.90 Å². The van der Waals surface area contributed by atoms with E-state index in [9.17, 15) is 4.79 Å². The molecule has 3 rings (SSSR count). The number of rotatable bonds is 1. The molecule has 0 saturated heterocycles. The lowest BCUT2D eigenvalue weighted by Gasteiger charge is -2.19. The quantitative estimate of drug-likeness (QED) is 0.645. The molecule has 3 nitrogen and oxygen atoms in total. The number of carbonyl (C=O) groups excluding carboxylic acids is 1. The molecular weight excluding hydrogens is 188 g/mol. The van der Waals surface area contributed by atoms with Crippen molar-refractivity contribution in [1.82, 2.24) is 0 Å². The average molecular weight is 196 g/mol. The Hall–Kier alpha value is -2.16. The van der Waals surface area contributed by atoms with Crippen LogP contribution in [-0.2, 0) is 4.79 Å². The molecule has 72 valence electrons. The molecule has 1 amide bonds. The van der Waals surface area contributed by atoms with Gasteiger partial charge in [0.1, 0.15) is 6.34 Å². The smallest absolute Gasteiger partial charge is 0.219 e. The lowest BCUT2D eigenvalue weighted by atomic mass is 10.1. The van der Waals surface area contributed by atoms with E-state index >= 15 is 0 Å². The summed E-state index contributed by atoms with van der Waals surface area (Å²) in [6.45, 7) is 0. The van der Waals surface area contributed by atoms with Crippen LogP contribution in [0.1, 0.15) is 0 Å². The summed E-state index contributed by atoms with van der Waals surface area (Å²) in [5.41, 5.74) is 1.81. The summed E-state index contributed by atoms with van der Waals surface area (Å²) in [5, 5.41) is 2.14. The van der Waals surface area contributed by atoms with Crippen LogP contribution in [0.5, 0.6) is 0 Å². The molecule has 15 heavy (non-hydrogen) atoms. The Morgan fingerprint density at radius 2 is 1.93 bits per heavy atom. The minimum absolute atomic E-state index is 0.772. The SMILES string of the molecule is O=CN1C=Nc2cccc3cccc1c23. The minimum atomic E-state index is 0.772. The molecule has 0 atom stereocenters. The normalized spacial score (nSPS) is 13.2. The number of amides is 1. The molecule has 0 aliphatic carbocycles. The third kappa shape index (κ3) is 1.06. The number of aliphatic imine (C=N–C) groups is 1. The van der Waals surface area contributed by atoms with Gasteiger partial charge in [0.25, 0.3) is 0 Å². The zero-order valence-corrected chi connectivity index (χ0v) is 7.92. The van der Waals surface area contributed by atoms with Gasteiger partial charge >= 0.3 is 0 Å². The monoisotopic (exact) mass is 196 g/mol. The van der Waals surface area contributed by atoms with Gasteiger partial charge in [0, 0.05) is 5.39 Å². The first-order valence-electron chi connectivity index (χ1n) is 4.70. The second-order valence-electron chi connectivity index (χ2n) is 3.41. The van der Waals surface area contributed by atoms with Crippen LogP contribution in [0.4, 0.5) is 11.4 Å². The summed E-state index contributed by atoms with van der Waals surface area (Å²) < 4.78 is 0. The lowest BCUT2D eigenvalue weighted by molar-refractivity contribution is -0.106. The van der Waals surface area contributed by atoms with E-state index in [-0.39, 0.29) is 0 Å². The van der Waals surface area contributed by atoms with E-state index in [0.717, 1.165) is 28.6 Å². The second kappa shape index (κ2) is 2.92. The van der Waals surface area contributed by atoms with Gasteiger partial charge in [0.05, 0.1) is 11.4 Å². The van der Waals surface area contributed by atoms with E-state index < -0.39 is 0 Å². The molecule has 0 N–H and O–H groups in total. The van der Waals surface area contributed by atoms with Crippen molar-refractivity contribution in [3.8, 4) is 0 Å². The predicted octanol–water partition coefficient (Wildman–Crippen LogP) is 2.48. The van der Waals surface area contributed by atoms with E-state index in [0.29, 0.717) is 0 Å². The molecule has 1 heterocycles. The fourth-order valence-corrected chi connectivity index (χ4v) is 1.90. The number of anilines is 1. The van der Waals surface area contributed by atoms with Crippen molar-refractivity contribution in [2.24, 2.45) is 4.99 Å². The molecule has 0 unspecified atom stereocenters. The molecule has 0 aromatic heterocycles. The molecular formula is C12H8N2O. The Labute approximate surface area is 86.7 Å². The predicted molar refractivity (Wildman–Crippen MR) is 60.6 cm³/mol. The first-order chi connectivity index (χ1) is 7.40. The van der Waals surface area contributed by atoms with E-state index in [4.69, 9.17) is 0 Å². The highest BCUT2D eigenvalue weighted by Gasteiger charge is 2.14. The standard InChI is InChI=1S/C12H8N2O/c15-8-14-7-13-10-5-1-3-9-4-2-6-11(14)12(9)10/h1-8H. The van der Waals surface area contributed by atoms with Gasteiger partial charge in [-0.2, -0.15) is 0 Å². The van der Waals surface area contributed by atoms with Crippen molar-refractivity contribution in [1.29, 1.82) is 0 Å². The maximum Gasteiger partial charge on any atom is 0.219 e. The van der Waals surface area contributed by atoms with Gasteiger partial charge in [0.15, 0.2) is 0 Å². The average Bonchev–Trinajstić information content (AvgIpc) is 2.30. The number of hydrogen-bond acceptors (Lipinski definition) is 2. The Bertz CT molecular complexity index is 570. The molecule has 3 heteroatoms. The third-order valence-corrected chi connectivity index (χ3v) is 2.57. The molecule has 2 aromatic carbocycles. The summed E-state index contributed by atoms with van der Waals surface area (Å²) >= 11 is 0. The summed E-state index contributed by atoms with van der Waals surface area (Å²) in [7, 11) is 0. The van der Waals surface area contributed by atoms with Crippen LogP contribution in [0.3, 0.4) is 0 Å². The van der Waals surface area contributed by atoms with Crippen molar-refractivity contribution >= 4 is 34.9 Å². The van der Waals surface area contributed by atoms with Gasteiger partial charge < -0.3 is 0 Å². The summed E-state index contributed by atoms with van der Waals surface area (Å²) in [4.78, 5) is 16.6. The zero-order chi connectivity index (χ0) is 10.3. The van der Waals surface area contributed by atoms with Gasteiger partial charge in [-0.15, -0.1) is 0 Å². The van der Waals surface area contributed by atoms with E-state index in [1.54, 1.807) is 6.34 Å². The molecule has 0 fully saturated rings. The van der Waals surface area contributed by atoms with E-state index in [1.807, 2.05) is 36.4 Å². The first-order valence-corrected chi connectivity index (χ1v) is 4.70. The van der Waals surface area contributed by atoms with Crippen LogP contribution < -0.4 is 4.90 Å². The Morgan fingerprint density at radius 3 is 2.73 bits per heavy atom. The highest BCUT2D eigenvalue weighted by atomic mass is 16.1. The Balaban J connectivity index is 2.46. The van der Waals surface area contributed by atoms with Crippen LogP contribution >= 0.6 is 0 Å². The fourth-order valence-electron chi connectivity index (χ4n) is 1.90. The van der Waals surface area contributed by atoms with Gasteiger partial charge in [-0.1, -0.05) is 24.3 Å². The second-order valence-corrected chi connectivity index (χ2v) is 3.41. The van der Waals surface area contributed by atoms with Crippen molar-refractivity contribution in [2.45, 2.75) is 0 Å². The van der Waals surface area contributed by atoms with Crippen LogP contribution in [0.25, 0.3) is 10.8 Å². The zero-order valence-electron chi connectivity index (χ0n) is 7.92. The van der Waals surface area contributed by atoms with Gasteiger partial charge in [-0.05, 0) is 17.5 Å². The number of hydrogen-bond donors (Lipinski definition) is 0. The van der Waals surface area contributed by atoms with Gasteiger partial charge in [-0.25, -0.2) is 4.99 Å². The third-order valence-electron chi connectivity index (χ3n) is 2.57. The van der Waals surface area contributed by atoms with Crippen molar-refractivity contribution in [3.63, 3.8) is 0 Å². The van der Waals surface area contributed by atoms with Crippen LogP contribution in [0.2, 0.25) is 0 Å². The molecule has 1 aliphatic rings. The molecule has 2 aromatic rings.